The van der Waals surface area contributed by atoms with Crippen LogP contribution < -0.4 is 0 Å². The molecular weight excluding hydrogens is 272 g/mol. The quantitative estimate of drug-likeness (QED) is 0.853. The maximum absolute atomic E-state index is 12.6. The molecule has 112 valence electrons. The van der Waals surface area contributed by atoms with Crippen LogP contribution in [0.3, 0.4) is 0 Å². The van der Waals surface area contributed by atoms with Gasteiger partial charge in [0.05, 0.1) is 4.90 Å². The second-order valence-corrected chi connectivity index (χ2v) is 7.55. The van der Waals surface area contributed by atoms with E-state index in [1.807, 2.05) is 12.1 Å². The van der Waals surface area contributed by atoms with E-state index in [0.29, 0.717) is 4.90 Å². The van der Waals surface area contributed by atoms with Gasteiger partial charge in [-0.3, -0.25) is 0 Å². The number of nitrogens with zero attached hydrogens (tertiary/aromatic N) is 2. The Morgan fingerprint density at radius 3 is 2.25 bits per heavy atom. The molecule has 0 radical (unpaired) electrons. The van der Waals surface area contributed by atoms with E-state index in [-0.39, 0.29) is 6.04 Å². The molecule has 0 unspecified atom stereocenters. The first-order valence-corrected chi connectivity index (χ1v) is 8.64. The predicted octanol–water partition coefficient (Wildman–Crippen LogP) is 1.96. The lowest BCUT2D eigenvalue weighted by Crippen LogP contribution is -2.44. The summed E-state index contributed by atoms with van der Waals surface area (Å²) >= 11 is 0. The van der Waals surface area contributed by atoms with Gasteiger partial charge in [0.15, 0.2) is 0 Å². The van der Waals surface area contributed by atoms with Crippen LogP contribution in [0.2, 0.25) is 0 Å². The van der Waals surface area contributed by atoms with Crippen molar-refractivity contribution in [1.29, 1.82) is 0 Å². The summed E-state index contributed by atoms with van der Waals surface area (Å²) in [4.78, 5) is 2.64. The monoisotopic (exact) mass is 296 g/mol. The van der Waals surface area contributed by atoms with Crippen LogP contribution in [0.15, 0.2) is 29.2 Å². The largest absolute Gasteiger partial charge is 0.306 e. The van der Waals surface area contributed by atoms with Crippen molar-refractivity contribution >= 4 is 10.0 Å². The van der Waals surface area contributed by atoms with E-state index < -0.39 is 10.0 Å². The number of benzene rings is 1. The molecule has 0 amide bonds. The van der Waals surface area contributed by atoms with Gasteiger partial charge in [-0.25, -0.2) is 8.42 Å². The molecule has 1 heterocycles. The molecule has 0 aliphatic carbocycles. The molecule has 1 aromatic rings. The first-order chi connectivity index (χ1) is 9.45. The molecule has 0 aromatic heterocycles. The number of aryl methyl sites for hydroxylation is 1. The maximum atomic E-state index is 12.6. The van der Waals surface area contributed by atoms with Crippen molar-refractivity contribution in [3.63, 3.8) is 0 Å². The zero-order valence-electron chi connectivity index (χ0n) is 12.5. The van der Waals surface area contributed by atoms with Crippen molar-refractivity contribution in [3.05, 3.63) is 29.8 Å². The summed E-state index contributed by atoms with van der Waals surface area (Å²) in [5.41, 5.74) is 1.16. The Bertz CT molecular complexity index is 531. The lowest BCUT2D eigenvalue weighted by atomic mass is 10.1. The highest BCUT2D eigenvalue weighted by Crippen LogP contribution is 2.22. The van der Waals surface area contributed by atoms with Gasteiger partial charge >= 0.3 is 0 Å². The molecule has 2 rings (SSSR count). The molecular formula is C15H24N2O2S. The highest BCUT2D eigenvalue weighted by atomic mass is 32.2. The van der Waals surface area contributed by atoms with Gasteiger partial charge in [0.1, 0.15) is 0 Å². The fraction of sp³-hybridized carbons (Fsp3) is 0.600. The van der Waals surface area contributed by atoms with Crippen LogP contribution in [0.5, 0.6) is 0 Å². The molecule has 0 bridgehead atoms. The zero-order valence-corrected chi connectivity index (χ0v) is 13.4. The molecule has 20 heavy (non-hydrogen) atoms. The van der Waals surface area contributed by atoms with Gasteiger partial charge in [-0.2, -0.15) is 4.31 Å². The van der Waals surface area contributed by atoms with Crippen molar-refractivity contribution in [2.45, 2.75) is 37.1 Å². The van der Waals surface area contributed by atoms with Gasteiger partial charge in [0, 0.05) is 13.1 Å². The average Bonchev–Trinajstić information content (AvgIpc) is 2.47. The Kier molecular flexibility index (Phi) is 4.83. The molecule has 1 aliphatic rings. The van der Waals surface area contributed by atoms with Gasteiger partial charge in [-0.1, -0.05) is 19.1 Å². The molecule has 1 aromatic carbocycles. The van der Waals surface area contributed by atoms with E-state index in [1.165, 1.54) is 0 Å². The van der Waals surface area contributed by atoms with Gasteiger partial charge < -0.3 is 4.90 Å². The molecule has 4 nitrogen and oxygen atoms in total. The molecule has 1 aliphatic heterocycles. The lowest BCUT2D eigenvalue weighted by Gasteiger charge is -2.34. The zero-order chi connectivity index (χ0) is 14.8. The minimum atomic E-state index is -3.37. The van der Waals surface area contributed by atoms with Crippen LogP contribution >= 0.6 is 0 Å². The number of piperidine rings is 1. The summed E-state index contributed by atoms with van der Waals surface area (Å²) in [7, 11) is 0.419. The second-order valence-electron chi connectivity index (χ2n) is 5.55. The Balaban J connectivity index is 2.16. The highest BCUT2D eigenvalue weighted by molar-refractivity contribution is 7.89. The van der Waals surface area contributed by atoms with E-state index >= 15 is 0 Å². The smallest absolute Gasteiger partial charge is 0.243 e. The molecule has 0 saturated carbocycles. The SMILES string of the molecule is CCc1ccc(S(=O)(=O)N(C)C2CCN(C)CC2)cc1. The van der Waals surface area contributed by atoms with Gasteiger partial charge in [-0.05, 0) is 57.1 Å². The van der Waals surface area contributed by atoms with Crippen LogP contribution in [-0.4, -0.2) is 50.8 Å². The third kappa shape index (κ3) is 3.22. The normalized spacial score (nSPS) is 18.6. The minimum Gasteiger partial charge on any atom is -0.306 e. The van der Waals surface area contributed by atoms with E-state index in [2.05, 4.69) is 18.9 Å². The standard InChI is InChI=1S/C15H24N2O2S/c1-4-13-5-7-15(8-6-13)20(18,19)17(3)14-9-11-16(2)12-10-14/h5-8,14H,4,9-12H2,1-3H3. The first-order valence-electron chi connectivity index (χ1n) is 7.20. The van der Waals surface area contributed by atoms with Crippen molar-refractivity contribution in [2.24, 2.45) is 0 Å². The molecule has 1 saturated heterocycles. The van der Waals surface area contributed by atoms with Crippen molar-refractivity contribution in [2.75, 3.05) is 27.2 Å². The van der Waals surface area contributed by atoms with Crippen LogP contribution in [-0.2, 0) is 16.4 Å². The van der Waals surface area contributed by atoms with Crippen molar-refractivity contribution < 1.29 is 8.42 Å². The maximum Gasteiger partial charge on any atom is 0.243 e. The predicted molar refractivity (Wildman–Crippen MR) is 81.3 cm³/mol. The number of likely N-dealkylation sites (tertiary alicyclic amines) is 1. The van der Waals surface area contributed by atoms with Crippen LogP contribution in [0.1, 0.15) is 25.3 Å². The second kappa shape index (κ2) is 6.24. The van der Waals surface area contributed by atoms with Crippen molar-refractivity contribution in [1.82, 2.24) is 9.21 Å². The summed E-state index contributed by atoms with van der Waals surface area (Å²) < 4.78 is 26.8. The molecule has 0 spiro atoms. The van der Waals surface area contributed by atoms with E-state index in [4.69, 9.17) is 0 Å². The Morgan fingerprint density at radius 1 is 1.20 bits per heavy atom. The molecule has 1 fully saturated rings. The van der Waals surface area contributed by atoms with E-state index in [1.54, 1.807) is 23.5 Å². The third-order valence-corrected chi connectivity index (χ3v) is 6.14. The number of rotatable bonds is 4. The number of hydrogen-bond donors (Lipinski definition) is 0. The van der Waals surface area contributed by atoms with Gasteiger partial charge in [-0.15, -0.1) is 0 Å². The summed E-state index contributed by atoms with van der Waals surface area (Å²) in [6.45, 7) is 3.98. The summed E-state index contributed by atoms with van der Waals surface area (Å²) in [6, 6.07) is 7.35. The number of sulfonamides is 1. The van der Waals surface area contributed by atoms with Crippen molar-refractivity contribution in [3.8, 4) is 0 Å². The molecule has 0 N–H and O–H groups in total. The Labute approximate surface area is 122 Å². The summed E-state index contributed by atoms with van der Waals surface area (Å²) in [5.74, 6) is 0. The Morgan fingerprint density at radius 2 is 1.75 bits per heavy atom. The van der Waals surface area contributed by atoms with Gasteiger partial charge in [0.2, 0.25) is 10.0 Å². The third-order valence-electron chi connectivity index (χ3n) is 4.21. The van der Waals surface area contributed by atoms with E-state index in [9.17, 15) is 8.42 Å². The average molecular weight is 296 g/mol. The van der Waals surface area contributed by atoms with Crippen LogP contribution in [0, 0.1) is 0 Å². The fourth-order valence-corrected chi connectivity index (χ4v) is 4.03. The van der Waals surface area contributed by atoms with Crippen LogP contribution in [0.25, 0.3) is 0 Å². The lowest BCUT2D eigenvalue weighted by molar-refractivity contribution is 0.197. The van der Waals surface area contributed by atoms with Crippen LogP contribution in [0.4, 0.5) is 0 Å². The summed E-state index contributed by atoms with van der Waals surface area (Å²) in [6.07, 6.45) is 2.73. The number of hydrogen-bond acceptors (Lipinski definition) is 3. The molecule has 0 atom stereocenters. The van der Waals surface area contributed by atoms with Gasteiger partial charge in [0.25, 0.3) is 0 Å². The summed E-state index contributed by atoms with van der Waals surface area (Å²) in [5, 5.41) is 0. The topological polar surface area (TPSA) is 40.6 Å². The fourth-order valence-electron chi connectivity index (χ4n) is 2.62. The minimum absolute atomic E-state index is 0.113. The first kappa shape index (κ1) is 15.5. The molecule has 5 heteroatoms. The highest BCUT2D eigenvalue weighted by Gasteiger charge is 2.29. The van der Waals surface area contributed by atoms with E-state index in [0.717, 1.165) is 37.9 Å². The Hall–Kier alpha value is -0.910.